The minimum atomic E-state index is 0.401. The van der Waals surface area contributed by atoms with Gasteiger partial charge in [-0.2, -0.15) is 0 Å². The van der Waals surface area contributed by atoms with Crippen molar-refractivity contribution in [3.8, 4) is 11.5 Å². The largest absolute Gasteiger partial charge is 0.334 e. The van der Waals surface area contributed by atoms with Gasteiger partial charge in [-0.05, 0) is 67.8 Å². The summed E-state index contributed by atoms with van der Waals surface area (Å²) in [5, 5.41) is 1.27. The number of nitrogens with zero attached hydrogens (tertiary/aromatic N) is 3. The van der Waals surface area contributed by atoms with E-state index >= 15 is 0 Å². The van der Waals surface area contributed by atoms with E-state index < -0.39 is 0 Å². The van der Waals surface area contributed by atoms with Crippen molar-refractivity contribution >= 4 is 49.0 Å². The van der Waals surface area contributed by atoms with E-state index in [2.05, 4.69) is 67.8 Å². The lowest BCUT2D eigenvalue weighted by atomic mass is 9.82. The zero-order valence-corrected chi connectivity index (χ0v) is 20.9. The first-order chi connectivity index (χ1) is 15.1. The predicted octanol–water partition coefficient (Wildman–Crippen LogP) is 7.44. The molecular formula is C24H27Br2N3O2. The second kappa shape index (κ2) is 9.86. The first-order valence-corrected chi connectivity index (χ1v) is 12.2. The molecule has 1 aliphatic rings. The van der Waals surface area contributed by atoms with E-state index in [9.17, 15) is 0 Å². The zero-order chi connectivity index (χ0) is 22.0. The molecule has 2 heterocycles. The van der Waals surface area contributed by atoms with Crippen LogP contribution in [0.3, 0.4) is 0 Å². The monoisotopic (exact) mass is 547 g/mol. The van der Waals surface area contributed by atoms with E-state index in [1.807, 2.05) is 10.6 Å². The molecule has 1 saturated carbocycles. The third kappa shape index (κ3) is 4.21. The quantitative estimate of drug-likeness (QED) is 0.167. The Kier molecular flexibility index (Phi) is 7.16. The molecule has 0 radical (unpaired) electrons. The number of benzene rings is 1. The summed E-state index contributed by atoms with van der Waals surface area (Å²) < 4.78 is 5.95. The predicted molar refractivity (Wildman–Crippen MR) is 133 cm³/mol. The molecule has 1 aromatic carbocycles. The average Bonchev–Trinajstić information content (AvgIpc) is 3.26. The summed E-state index contributed by atoms with van der Waals surface area (Å²) >= 11 is 7.24. The standard InChI is InChI=1S/C24H27Br2N3O2/c1-4-13-29-19-14-16(15-31-30-3)11-12-18(19)20(17-9-7-6-8-10-17)21(29)24-27-22(25)23(26)28(24)5-2/h4-5,11-12,14,17H,1-2,6-10,13,15H2,3H3. The molecule has 1 fully saturated rings. The highest BCUT2D eigenvalue weighted by molar-refractivity contribution is 9.13. The van der Waals surface area contributed by atoms with Gasteiger partial charge in [-0.15, -0.1) is 6.58 Å². The number of hydrogen-bond acceptors (Lipinski definition) is 3. The highest BCUT2D eigenvalue weighted by Gasteiger charge is 2.29. The van der Waals surface area contributed by atoms with Crippen LogP contribution in [0.1, 0.15) is 49.1 Å². The number of imidazole rings is 1. The summed E-state index contributed by atoms with van der Waals surface area (Å²) in [4.78, 5) is 14.9. The van der Waals surface area contributed by atoms with Crippen LogP contribution in [0.2, 0.25) is 0 Å². The Morgan fingerprint density at radius 3 is 2.65 bits per heavy atom. The molecule has 2 aromatic heterocycles. The van der Waals surface area contributed by atoms with E-state index in [0.29, 0.717) is 19.1 Å². The minimum Gasteiger partial charge on any atom is -0.334 e. The fourth-order valence-corrected chi connectivity index (χ4v) is 5.48. The van der Waals surface area contributed by atoms with Crippen LogP contribution in [0.25, 0.3) is 28.6 Å². The fraction of sp³-hybridized carbons (Fsp3) is 0.375. The van der Waals surface area contributed by atoms with E-state index in [1.165, 1.54) is 55.7 Å². The number of aromatic nitrogens is 3. The van der Waals surface area contributed by atoms with Crippen LogP contribution in [0.15, 0.2) is 46.6 Å². The molecule has 0 spiro atoms. The third-order valence-corrected chi connectivity index (χ3v) is 7.89. The first kappa shape index (κ1) is 22.5. The van der Waals surface area contributed by atoms with Crippen LogP contribution in [-0.2, 0) is 22.9 Å². The maximum Gasteiger partial charge on any atom is 0.163 e. The average molecular weight is 549 g/mol. The van der Waals surface area contributed by atoms with Crippen molar-refractivity contribution < 1.29 is 9.78 Å². The maximum absolute atomic E-state index is 5.19. The number of hydrogen-bond donors (Lipinski definition) is 0. The molecule has 0 unspecified atom stereocenters. The number of allylic oxidation sites excluding steroid dienone is 1. The van der Waals surface area contributed by atoms with Gasteiger partial charge in [0, 0.05) is 23.6 Å². The summed E-state index contributed by atoms with van der Waals surface area (Å²) in [6.45, 7) is 9.14. The van der Waals surface area contributed by atoms with E-state index in [-0.39, 0.29) is 0 Å². The Morgan fingerprint density at radius 1 is 1.19 bits per heavy atom. The normalized spacial score (nSPS) is 14.9. The van der Waals surface area contributed by atoms with Gasteiger partial charge in [0.05, 0.1) is 12.8 Å². The van der Waals surface area contributed by atoms with Crippen LogP contribution in [0.5, 0.6) is 0 Å². The molecule has 0 N–H and O–H groups in total. The Balaban J connectivity index is 2.03. The number of rotatable bonds is 8. The lowest BCUT2D eigenvalue weighted by Gasteiger charge is -2.23. The zero-order valence-electron chi connectivity index (χ0n) is 17.7. The highest BCUT2D eigenvalue weighted by atomic mass is 79.9. The van der Waals surface area contributed by atoms with Gasteiger partial charge in [-0.1, -0.05) is 44.1 Å². The van der Waals surface area contributed by atoms with Crippen LogP contribution >= 0.6 is 31.9 Å². The smallest absolute Gasteiger partial charge is 0.163 e. The summed E-state index contributed by atoms with van der Waals surface area (Å²) in [6, 6.07) is 6.54. The van der Waals surface area contributed by atoms with Crippen molar-refractivity contribution in [2.75, 3.05) is 7.11 Å². The van der Waals surface area contributed by atoms with E-state index in [0.717, 1.165) is 26.3 Å². The molecule has 1 aliphatic carbocycles. The third-order valence-electron chi connectivity index (χ3n) is 6.05. The molecule has 0 amide bonds. The van der Waals surface area contributed by atoms with Crippen molar-refractivity contribution in [1.29, 1.82) is 0 Å². The van der Waals surface area contributed by atoms with Crippen LogP contribution < -0.4 is 0 Å². The molecule has 31 heavy (non-hydrogen) atoms. The van der Waals surface area contributed by atoms with Gasteiger partial charge >= 0.3 is 0 Å². The lowest BCUT2D eigenvalue weighted by Crippen LogP contribution is -2.09. The summed E-state index contributed by atoms with van der Waals surface area (Å²) in [6.07, 6.45) is 9.99. The molecule has 0 bridgehead atoms. The molecule has 3 aromatic rings. The minimum absolute atomic E-state index is 0.401. The number of fused-ring (bicyclic) bond motifs is 1. The Morgan fingerprint density at radius 2 is 1.97 bits per heavy atom. The molecule has 4 rings (SSSR count). The maximum atomic E-state index is 5.19. The topological polar surface area (TPSA) is 41.2 Å². The fourth-order valence-electron chi connectivity index (χ4n) is 4.72. The summed E-state index contributed by atoms with van der Waals surface area (Å²) in [5.41, 5.74) is 4.74. The van der Waals surface area contributed by atoms with Crippen LogP contribution in [-0.4, -0.2) is 21.2 Å². The second-order valence-electron chi connectivity index (χ2n) is 7.85. The van der Waals surface area contributed by atoms with Crippen molar-refractivity contribution in [2.24, 2.45) is 0 Å². The van der Waals surface area contributed by atoms with Gasteiger partial charge in [0.1, 0.15) is 15.8 Å². The molecule has 164 valence electrons. The highest BCUT2D eigenvalue weighted by Crippen LogP contribution is 2.45. The first-order valence-electron chi connectivity index (χ1n) is 10.6. The van der Waals surface area contributed by atoms with E-state index in [1.54, 1.807) is 6.20 Å². The Labute approximate surface area is 199 Å². The lowest BCUT2D eigenvalue weighted by molar-refractivity contribution is -0.282. The van der Waals surface area contributed by atoms with Crippen molar-refractivity contribution in [3.63, 3.8) is 0 Å². The van der Waals surface area contributed by atoms with Gasteiger partial charge in [0.2, 0.25) is 0 Å². The van der Waals surface area contributed by atoms with E-state index in [4.69, 9.17) is 14.8 Å². The summed E-state index contributed by atoms with van der Waals surface area (Å²) in [7, 11) is 1.53. The van der Waals surface area contributed by atoms with Gasteiger partial charge in [0.25, 0.3) is 0 Å². The molecular weight excluding hydrogens is 522 g/mol. The van der Waals surface area contributed by atoms with Gasteiger partial charge in [-0.3, -0.25) is 4.57 Å². The SMILES string of the molecule is C=CCn1c(-c2nc(Br)c(Br)n2C=C)c(C2CCCCC2)c2ccc(COOC)cc21. The van der Waals surface area contributed by atoms with Crippen molar-refractivity contribution in [2.45, 2.75) is 51.2 Å². The van der Waals surface area contributed by atoms with Gasteiger partial charge in [0.15, 0.2) is 5.82 Å². The molecule has 0 atom stereocenters. The van der Waals surface area contributed by atoms with Crippen molar-refractivity contribution in [1.82, 2.24) is 14.1 Å². The molecule has 0 aliphatic heterocycles. The second-order valence-corrected chi connectivity index (χ2v) is 9.35. The van der Waals surface area contributed by atoms with Crippen LogP contribution in [0, 0.1) is 0 Å². The molecule has 0 saturated heterocycles. The number of halogens is 2. The molecule has 7 heteroatoms. The van der Waals surface area contributed by atoms with Gasteiger partial charge < -0.3 is 4.57 Å². The van der Waals surface area contributed by atoms with Crippen LogP contribution in [0.4, 0.5) is 0 Å². The van der Waals surface area contributed by atoms with Gasteiger partial charge in [-0.25, -0.2) is 14.8 Å². The summed E-state index contributed by atoms with van der Waals surface area (Å²) in [5.74, 6) is 1.38. The van der Waals surface area contributed by atoms with Crippen molar-refractivity contribution in [3.05, 3.63) is 57.8 Å². The Hall–Kier alpha value is -1.67. The Bertz CT molecular complexity index is 1110. The molecule has 5 nitrogen and oxygen atoms in total.